The highest BCUT2D eigenvalue weighted by molar-refractivity contribution is 5.78. The van der Waals surface area contributed by atoms with Gasteiger partial charge in [-0.15, -0.1) is 0 Å². The van der Waals surface area contributed by atoms with Crippen molar-refractivity contribution in [1.29, 1.82) is 0 Å². The van der Waals surface area contributed by atoms with Crippen LogP contribution in [0.2, 0.25) is 0 Å². The average molecular weight is 282 g/mol. The molecule has 20 heavy (non-hydrogen) atoms. The van der Waals surface area contributed by atoms with Gasteiger partial charge in [0.15, 0.2) is 0 Å². The molecule has 2 amide bonds. The molecule has 0 aromatic carbocycles. The van der Waals surface area contributed by atoms with E-state index < -0.39 is 11.4 Å². The number of aliphatic carboxylic acids is 1. The number of fused-ring (bicyclic) bond motifs is 2. The van der Waals surface area contributed by atoms with Gasteiger partial charge in [0.2, 0.25) is 0 Å². The van der Waals surface area contributed by atoms with Crippen LogP contribution in [0.4, 0.5) is 4.79 Å². The van der Waals surface area contributed by atoms with Gasteiger partial charge in [-0.25, -0.2) is 4.79 Å². The van der Waals surface area contributed by atoms with Crippen molar-refractivity contribution in [3.8, 4) is 0 Å². The number of amides is 2. The second-order valence-corrected chi connectivity index (χ2v) is 6.40. The molecule has 2 bridgehead atoms. The molecule has 2 aliphatic rings. The third-order valence-corrected chi connectivity index (χ3v) is 5.45. The zero-order valence-electron chi connectivity index (χ0n) is 12.4. The largest absolute Gasteiger partial charge is 0.481 e. The van der Waals surface area contributed by atoms with Crippen molar-refractivity contribution in [2.24, 2.45) is 17.3 Å². The van der Waals surface area contributed by atoms with Gasteiger partial charge < -0.3 is 15.7 Å². The fraction of sp³-hybridized carbons (Fsp3) is 0.867. The number of hydrogen-bond acceptors (Lipinski definition) is 2. The lowest BCUT2D eigenvalue weighted by molar-refractivity contribution is -0.149. The molecule has 3 unspecified atom stereocenters. The Morgan fingerprint density at radius 3 is 2.35 bits per heavy atom. The molecule has 5 heteroatoms. The highest BCUT2D eigenvalue weighted by atomic mass is 16.4. The van der Waals surface area contributed by atoms with Gasteiger partial charge in [-0.3, -0.25) is 4.79 Å². The van der Waals surface area contributed by atoms with E-state index in [4.69, 9.17) is 0 Å². The van der Waals surface area contributed by atoms with Crippen molar-refractivity contribution in [2.75, 3.05) is 6.54 Å². The molecular formula is C15H26N2O3. The van der Waals surface area contributed by atoms with Crippen LogP contribution in [0, 0.1) is 17.3 Å². The van der Waals surface area contributed by atoms with E-state index in [-0.39, 0.29) is 18.6 Å². The van der Waals surface area contributed by atoms with Gasteiger partial charge in [-0.2, -0.15) is 0 Å². The predicted octanol–water partition coefficient (Wildman–Crippen LogP) is 2.37. The van der Waals surface area contributed by atoms with E-state index in [1.54, 1.807) is 0 Å². The molecule has 0 heterocycles. The molecule has 0 aliphatic heterocycles. The number of nitrogens with one attached hydrogen (secondary N) is 2. The van der Waals surface area contributed by atoms with Gasteiger partial charge in [0.25, 0.3) is 0 Å². The van der Waals surface area contributed by atoms with E-state index in [0.29, 0.717) is 18.8 Å². The lowest BCUT2D eigenvalue weighted by atomic mass is 9.82. The second kappa shape index (κ2) is 6.02. The summed E-state index contributed by atoms with van der Waals surface area (Å²) < 4.78 is 0. The lowest BCUT2D eigenvalue weighted by Gasteiger charge is -2.28. The number of hydrogen-bond donors (Lipinski definition) is 3. The van der Waals surface area contributed by atoms with Gasteiger partial charge >= 0.3 is 12.0 Å². The zero-order valence-corrected chi connectivity index (χ0v) is 12.4. The molecule has 2 fully saturated rings. The molecule has 2 saturated carbocycles. The summed E-state index contributed by atoms with van der Waals surface area (Å²) in [4.78, 5) is 23.3. The van der Waals surface area contributed by atoms with Crippen molar-refractivity contribution in [3.05, 3.63) is 0 Å². The molecule has 0 saturated heterocycles. The Morgan fingerprint density at radius 1 is 1.20 bits per heavy atom. The van der Waals surface area contributed by atoms with Crippen molar-refractivity contribution in [2.45, 2.75) is 58.4 Å². The zero-order chi connectivity index (χ0) is 14.8. The Bertz CT molecular complexity index is 379. The highest BCUT2D eigenvalue weighted by Crippen LogP contribution is 2.44. The van der Waals surface area contributed by atoms with Crippen LogP contribution in [0.15, 0.2) is 0 Å². The monoisotopic (exact) mass is 282 g/mol. The molecule has 114 valence electrons. The van der Waals surface area contributed by atoms with Crippen LogP contribution in [0.5, 0.6) is 0 Å². The minimum Gasteiger partial charge on any atom is -0.481 e. The Hall–Kier alpha value is -1.26. The van der Waals surface area contributed by atoms with Gasteiger partial charge in [0, 0.05) is 12.6 Å². The molecule has 5 nitrogen and oxygen atoms in total. The average Bonchev–Trinajstić information content (AvgIpc) is 3.02. The fourth-order valence-electron chi connectivity index (χ4n) is 3.77. The lowest BCUT2D eigenvalue weighted by Crippen LogP contribution is -2.49. The first kappa shape index (κ1) is 15.1. The van der Waals surface area contributed by atoms with E-state index in [0.717, 1.165) is 12.3 Å². The smallest absolute Gasteiger partial charge is 0.315 e. The third-order valence-electron chi connectivity index (χ3n) is 5.45. The summed E-state index contributed by atoms with van der Waals surface area (Å²) in [5, 5.41) is 15.1. The summed E-state index contributed by atoms with van der Waals surface area (Å²) in [7, 11) is 0. The van der Waals surface area contributed by atoms with E-state index in [9.17, 15) is 14.7 Å². The van der Waals surface area contributed by atoms with E-state index >= 15 is 0 Å². The number of carbonyl (C=O) groups is 2. The van der Waals surface area contributed by atoms with Crippen LogP contribution in [-0.2, 0) is 4.79 Å². The maximum Gasteiger partial charge on any atom is 0.315 e. The quantitative estimate of drug-likeness (QED) is 0.700. The van der Waals surface area contributed by atoms with Crippen molar-refractivity contribution >= 4 is 12.0 Å². The molecule has 3 atom stereocenters. The number of rotatable bonds is 6. The van der Waals surface area contributed by atoms with E-state index in [1.807, 2.05) is 13.8 Å². The maximum absolute atomic E-state index is 12.0. The van der Waals surface area contributed by atoms with Crippen LogP contribution in [0.3, 0.4) is 0 Å². The summed E-state index contributed by atoms with van der Waals surface area (Å²) in [6.07, 6.45) is 5.90. The Labute approximate surface area is 120 Å². The van der Waals surface area contributed by atoms with E-state index in [1.165, 1.54) is 19.3 Å². The van der Waals surface area contributed by atoms with Crippen molar-refractivity contribution in [3.63, 3.8) is 0 Å². The van der Waals surface area contributed by atoms with E-state index in [2.05, 4.69) is 10.6 Å². The van der Waals surface area contributed by atoms with Gasteiger partial charge in [0.05, 0.1) is 5.41 Å². The topological polar surface area (TPSA) is 78.4 Å². The Morgan fingerprint density at radius 2 is 1.90 bits per heavy atom. The number of carbonyl (C=O) groups excluding carboxylic acids is 1. The van der Waals surface area contributed by atoms with Gasteiger partial charge in [-0.1, -0.05) is 20.3 Å². The molecule has 0 spiro atoms. The van der Waals surface area contributed by atoms with Crippen LogP contribution in [0.1, 0.15) is 52.4 Å². The molecule has 0 radical (unpaired) electrons. The summed E-state index contributed by atoms with van der Waals surface area (Å²) in [6.45, 7) is 3.91. The normalized spacial score (nSPS) is 28.4. The summed E-state index contributed by atoms with van der Waals surface area (Å²) in [5.41, 5.74) is -0.841. The number of carboxylic acids is 1. The number of urea groups is 1. The summed E-state index contributed by atoms with van der Waals surface area (Å²) >= 11 is 0. The minimum absolute atomic E-state index is 0.196. The second-order valence-electron chi connectivity index (χ2n) is 6.40. The standard InChI is InChI=1S/C15H26N2O3/c1-3-15(4-2,13(18)19)9-16-14(20)17-12-8-10-5-6-11(12)7-10/h10-12H,3-9H2,1-2H3,(H,18,19)(H2,16,17,20). The molecule has 0 aromatic rings. The third kappa shape index (κ3) is 2.91. The van der Waals surface area contributed by atoms with Crippen molar-refractivity contribution < 1.29 is 14.7 Å². The molecule has 0 aromatic heterocycles. The molecule has 3 N–H and O–H groups in total. The van der Waals surface area contributed by atoms with Gasteiger partial charge in [-0.05, 0) is 43.9 Å². The van der Waals surface area contributed by atoms with Crippen LogP contribution in [-0.4, -0.2) is 29.7 Å². The molecule has 2 rings (SSSR count). The first-order valence-electron chi connectivity index (χ1n) is 7.78. The molecule has 2 aliphatic carbocycles. The summed E-state index contributed by atoms with van der Waals surface area (Å²) in [5.74, 6) is 0.588. The van der Waals surface area contributed by atoms with Crippen LogP contribution < -0.4 is 10.6 Å². The first-order valence-corrected chi connectivity index (χ1v) is 7.78. The maximum atomic E-state index is 12.0. The van der Waals surface area contributed by atoms with Crippen LogP contribution >= 0.6 is 0 Å². The molecular weight excluding hydrogens is 256 g/mol. The van der Waals surface area contributed by atoms with Crippen LogP contribution in [0.25, 0.3) is 0 Å². The van der Waals surface area contributed by atoms with Crippen molar-refractivity contribution in [1.82, 2.24) is 10.6 Å². The summed E-state index contributed by atoms with van der Waals surface area (Å²) in [6, 6.07) is 0.0753. The minimum atomic E-state index is -0.841. The number of carboxylic acid groups (broad SMARTS) is 1. The Kier molecular flexibility index (Phi) is 4.55. The fourth-order valence-corrected chi connectivity index (χ4v) is 3.77. The first-order chi connectivity index (χ1) is 9.50. The predicted molar refractivity (Wildman–Crippen MR) is 76.4 cm³/mol. The Balaban J connectivity index is 1.81. The highest BCUT2D eigenvalue weighted by Gasteiger charge is 2.40. The SMILES string of the molecule is CCC(CC)(CNC(=O)NC1CC2CCC1C2)C(=O)O. The van der Waals surface area contributed by atoms with Gasteiger partial charge in [0.1, 0.15) is 0 Å².